The Balaban J connectivity index is 0.00000312. The first-order chi connectivity index (χ1) is 11.0. The fraction of sp³-hybridized carbons (Fsp3) is 0.650. The normalized spacial score (nSPS) is 24.8. The lowest BCUT2D eigenvalue weighted by molar-refractivity contribution is -0.170. The third kappa shape index (κ3) is 4.02. The van der Waals surface area contributed by atoms with Crippen molar-refractivity contribution in [2.45, 2.75) is 65.0 Å². The maximum atomic E-state index is 12.8. The maximum Gasteiger partial charge on any atom is 0.240 e. The number of rotatable bonds is 6. The molecule has 2 rings (SSSR count). The van der Waals surface area contributed by atoms with E-state index in [2.05, 4.69) is 50.4 Å². The van der Waals surface area contributed by atoms with Gasteiger partial charge in [-0.3, -0.25) is 4.79 Å². The van der Waals surface area contributed by atoms with Gasteiger partial charge in [0.15, 0.2) is 0 Å². The van der Waals surface area contributed by atoms with Gasteiger partial charge >= 0.3 is 0 Å². The predicted octanol–water partition coefficient (Wildman–Crippen LogP) is 3.34. The number of nitrogens with two attached hydrogens (primary N) is 1. The monoisotopic (exact) mass is 368 g/mol. The molecule has 0 heterocycles. The van der Waals surface area contributed by atoms with Gasteiger partial charge in [0.1, 0.15) is 5.54 Å². The van der Waals surface area contributed by atoms with Crippen molar-refractivity contribution in [3.63, 3.8) is 0 Å². The van der Waals surface area contributed by atoms with E-state index in [1.807, 2.05) is 20.8 Å². The zero-order chi connectivity index (χ0) is 18.2. The van der Waals surface area contributed by atoms with Crippen LogP contribution in [0.15, 0.2) is 24.3 Å². The van der Waals surface area contributed by atoms with E-state index in [-0.39, 0.29) is 35.2 Å². The summed E-state index contributed by atoms with van der Waals surface area (Å²) in [5.74, 6) is -0.0795. The Morgan fingerprint density at radius 2 is 2.04 bits per heavy atom. The molecule has 1 saturated carbocycles. The number of carbonyl (C=O) groups excluding carboxylic acids is 1. The van der Waals surface area contributed by atoms with Gasteiger partial charge in [0.2, 0.25) is 5.91 Å². The minimum absolute atomic E-state index is 0. The van der Waals surface area contributed by atoms with E-state index in [1.54, 1.807) is 0 Å². The Morgan fingerprint density at radius 3 is 2.56 bits per heavy atom. The summed E-state index contributed by atoms with van der Waals surface area (Å²) in [6, 6.07) is 8.41. The smallest absolute Gasteiger partial charge is 0.240 e. The lowest BCUT2D eigenvalue weighted by Crippen LogP contribution is -2.76. The molecular weight excluding hydrogens is 336 g/mol. The number of amides is 1. The molecule has 1 aromatic rings. The van der Waals surface area contributed by atoms with Crippen molar-refractivity contribution in [1.82, 2.24) is 5.32 Å². The largest absolute Gasteiger partial charge is 0.378 e. The highest BCUT2D eigenvalue weighted by Gasteiger charge is 2.62. The number of nitrogens with one attached hydrogen (secondary N) is 1. The topological polar surface area (TPSA) is 64.3 Å². The molecule has 142 valence electrons. The van der Waals surface area contributed by atoms with Crippen LogP contribution in [0.1, 0.15) is 52.2 Å². The molecule has 3 N–H and O–H groups in total. The summed E-state index contributed by atoms with van der Waals surface area (Å²) in [5.41, 5.74) is 7.51. The van der Waals surface area contributed by atoms with Gasteiger partial charge in [-0.25, -0.2) is 0 Å². The van der Waals surface area contributed by atoms with E-state index in [0.717, 1.165) is 0 Å². The third-order valence-electron chi connectivity index (χ3n) is 5.73. The molecular formula is C20H33ClN2O2. The highest BCUT2D eigenvalue weighted by molar-refractivity contribution is 5.88. The average molecular weight is 369 g/mol. The van der Waals surface area contributed by atoms with Gasteiger partial charge in [-0.15, -0.1) is 12.4 Å². The predicted molar refractivity (Wildman–Crippen MR) is 105 cm³/mol. The first kappa shape index (κ1) is 21.9. The fourth-order valence-electron chi connectivity index (χ4n) is 3.45. The number of hydrogen-bond acceptors (Lipinski definition) is 3. The average Bonchev–Trinajstić information content (AvgIpc) is 2.52. The Hall–Kier alpha value is -1.10. The molecule has 1 aliphatic carbocycles. The van der Waals surface area contributed by atoms with Crippen LogP contribution in [0, 0.1) is 12.3 Å². The third-order valence-corrected chi connectivity index (χ3v) is 5.73. The standard InChI is InChI=1S/C20H32N2O2.ClH/c1-7-24-16-12-20(21,19(16,5)6)17(23)22-13-18(3,4)15-10-8-9-14(2)11-15;/h8-11,16H,7,12-13,21H2,1-6H3,(H,22,23);1H. The lowest BCUT2D eigenvalue weighted by Gasteiger charge is -2.57. The van der Waals surface area contributed by atoms with Crippen LogP contribution in [0.2, 0.25) is 0 Å². The number of ether oxygens (including phenoxy) is 1. The van der Waals surface area contributed by atoms with Crippen LogP contribution in [-0.4, -0.2) is 30.7 Å². The Kier molecular flexibility index (Phi) is 6.71. The summed E-state index contributed by atoms with van der Waals surface area (Å²) < 4.78 is 5.71. The van der Waals surface area contributed by atoms with Crippen molar-refractivity contribution in [3.8, 4) is 0 Å². The second-order valence-corrected chi connectivity index (χ2v) is 8.28. The molecule has 0 aliphatic heterocycles. The molecule has 2 atom stereocenters. The fourth-order valence-corrected chi connectivity index (χ4v) is 3.45. The van der Waals surface area contributed by atoms with Gasteiger partial charge in [0.25, 0.3) is 0 Å². The van der Waals surface area contributed by atoms with Crippen molar-refractivity contribution in [3.05, 3.63) is 35.4 Å². The van der Waals surface area contributed by atoms with Gasteiger partial charge in [-0.1, -0.05) is 57.5 Å². The number of benzene rings is 1. The molecule has 0 saturated heterocycles. The highest BCUT2D eigenvalue weighted by atomic mass is 35.5. The van der Waals surface area contributed by atoms with Crippen molar-refractivity contribution in [2.75, 3.05) is 13.2 Å². The molecule has 0 radical (unpaired) electrons. The number of halogens is 1. The van der Waals surface area contributed by atoms with Crippen LogP contribution < -0.4 is 11.1 Å². The molecule has 0 bridgehead atoms. The molecule has 1 aromatic carbocycles. The van der Waals surface area contributed by atoms with Crippen LogP contribution in [-0.2, 0) is 14.9 Å². The molecule has 25 heavy (non-hydrogen) atoms. The molecule has 0 aromatic heterocycles. The van der Waals surface area contributed by atoms with E-state index < -0.39 is 5.54 Å². The number of carbonyl (C=O) groups is 1. The summed E-state index contributed by atoms with van der Waals surface area (Å²) in [6.45, 7) is 13.6. The zero-order valence-electron chi connectivity index (χ0n) is 16.3. The van der Waals surface area contributed by atoms with Crippen molar-refractivity contribution in [2.24, 2.45) is 11.1 Å². The van der Waals surface area contributed by atoms with Crippen LogP contribution in [0.5, 0.6) is 0 Å². The lowest BCUT2D eigenvalue weighted by atomic mass is 9.54. The van der Waals surface area contributed by atoms with Crippen molar-refractivity contribution >= 4 is 18.3 Å². The van der Waals surface area contributed by atoms with E-state index in [4.69, 9.17) is 10.5 Å². The van der Waals surface area contributed by atoms with Gasteiger partial charge < -0.3 is 15.8 Å². The molecule has 1 amide bonds. The van der Waals surface area contributed by atoms with Gasteiger partial charge in [-0.05, 0) is 19.4 Å². The minimum Gasteiger partial charge on any atom is -0.378 e. The number of aryl methyl sites for hydroxylation is 1. The van der Waals surface area contributed by atoms with Crippen LogP contribution in [0.3, 0.4) is 0 Å². The van der Waals surface area contributed by atoms with Crippen LogP contribution in [0.25, 0.3) is 0 Å². The van der Waals surface area contributed by atoms with Gasteiger partial charge in [0.05, 0.1) is 6.10 Å². The zero-order valence-corrected chi connectivity index (χ0v) is 17.1. The summed E-state index contributed by atoms with van der Waals surface area (Å²) in [7, 11) is 0. The van der Waals surface area contributed by atoms with E-state index in [0.29, 0.717) is 19.6 Å². The second kappa shape index (κ2) is 7.65. The van der Waals surface area contributed by atoms with E-state index in [9.17, 15) is 4.79 Å². The SMILES string of the molecule is CCOC1CC(N)(C(=O)NCC(C)(C)c2cccc(C)c2)C1(C)C.Cl. The van der Waals surface area contributed by atoms with Crippen molar-refractivity contribution < 1.29 is 9.53 Å². The van der Waals surface area contributed by atoms with E-state index >= 15 is 0 Å². The van der Waals surface area contributed by atoms with E-state index in [1.165, 1.54) is 11.1 Å². The molecule has 1 aliphatic rings. The summed E-state index contributed by atoms with van der Waals surface area (Å²) in [5, 5.41) is 3.08. The molecule has 0 spiro atoms. The molecule has 4 nitrogen and oxygen atoms in total. The summed E-state index contributed by atoms with van der Waals surface area (Å²) in [6.07, 6.45) is 0.618. The van der Waals surface area contributed by atoms with Gasteiger partial charge in [0, 0.05) is 30.4 Å². The maximum absolute atomic E-state index is 12.8. The first-order valence-electron chi connectivity index (χ1n) is 8.80. The molecule has 5 heteroatoms. The first-order valence-corrected chi connectivity index (χ1v) is 8.80. The van der Waals surface area contributed by atoms with Crippen LogP contribution >= 0.6 is 12.4 Å². The summed E-state index contributed by atoms with van der Waals surface area (Å²) >= 11 is 0. The molecule has 2 unspecified atom stereocenters. The summed E-state index contributed by atoms with van der Waals surface area (Å²) in [4.78, 5) is 12.8. The second-order valence-electron chi connectivity index (χ2n) is 8.28. The quantitative estimate of drug-likeness (QED) is 0.809. The van der Waals surface area contributed by atoms with Crippen molar-refractivity contribution in [1.29, 1.82) is 0 Å². The highest BCUT2D eigenvalue weighted by Crippen LogP contribution is 2.49. The minimum atomic E-state index is -0.866. The van der Waals surface area contributed by atoms with Gasteiger partial charge in [-0.2, -0.15) is 0 Å². The Morgan fingerprint density at radius 1 is 1.40 bits per heavy atom. The van der Waals surface area contributed by atoms with Crippen LogP contribution in [0.4, 0.5) is 0 Å². The Labute approximate surface area is 158 Å². The Bertz CT molecular complexity index is 615. The molecule has 1 fully saturated rings. The number of hydrogen-bond donors (Lipinski definition) is 2.